The maximum atomic E-state index is 10.6. The maximum absolute atomic E-state index is 10.6. The van der Waals surface area contributed by atoms with Crippen LogP contribution in [0, 0.1) is 11.8 Å². The number of benzene rings is 1. The molecule has 4 heteroatoms. The minimum atomic E-state index is -0.931. The van der Waals surface area contributed by atoms with Gasteiger partial charge in [-0.1, -0.05) is 35.8 Å². The molecule has 0 aliphatic carbocycles. The lowest BCUT2D eigenvalue weighted by molar-refractivity contribution is -0.131. The van der Waals surface area contributed by atoms with Gasteiger partial charge < -0.3 is 10.0 Å². The molecule has 0 amide bonds. The summed E-state index contributed by atoms with van der Waals surface area (Å²) >= 11 is 3.52. The molecule has 1 heterocycles. The zero-order valence-corrected chi connectivity index (χ0v) is 13.4. The number of aliphatic carboxylic acids is 1. The molecule has 0 aromatic heterocycles. The molecule has 0 radical (unpaired) electrons. The molecule has 2 rings (SSSR count). The monoisotopic (exact) mass is 337 g/mol. The van der Waals surface area contributed by atoms with Crippen molar-refractivity contribution in [3.63, 3.8) is 0 Å². The summed E-state index contributed by atoms with van der Waals surface area (Å²) in [5.74, 6) is 0.493. The van der Waals surface area contributed by atoms with Gasteiger partial charge in [0.15, 0.2) is 0 Å². The van der Waals surface area contributed by atoms with Gasteiger partial charge in [-0.05, 0) is 42.0 Å². The highest BCUT2D eigenvalue weighted by Gasteiger charge is 2.22. The molecule has 20 heavy (non-hydrogen) atoms. The number of piperidine rings is 1. The van der Waals surface area contributed by atoms with Crippen LogP contribution in [0.25, 0.3) is 6.08 Å². The van der Waals surface area contributed by atoms with E-state index in [0.29, 0.717) is 11.8 Å². The Labute approximate surface area is 128 Å². The van der Waals surface area contributed by atoms with E-state index in [1.165, 1.54) is 12.1 Å². The SMILES string of the molecule is CC1CC(C)CN(c2ccc(/C=C/C(=O)O)c(Br)c2)C1. The standard InChI is InChI=1S/C16H20BrNO2/c1-11-7-12(2)10-18(9-11)14-5-3-13(15(17)8-14)4-6-16(19)20/h3-6,8,11-12H,7,9-10H2,1-2H3,(H,19,20)/b6-4+. The van der Waals surface area contributed by atoms with Gasteiger partial charge in [-0.2, -0.15) is 0 Å². The smallest absolute Gasteiger partial charge is 0.328 e. The second-order valence-electron chi connectivity index (χ2n) is 5.73. The van der Waals surface area contributed by atoms with Crippen molar-refractivity contribution in [1.29, 1.82) is 0 Å². The van der Waals surface area contributed by atoms with E-state index in [1.54, 1.807) is 6.08 Å². The second-order valence-corrected chi connectivity index (χ2v) is 6.58. The summed E-state index contributed by atoms with van der Waals surface area (Å²) in [5, 5.41) is 8.67. The average Bonchev–Trinajstić information content (AvgIpc) is 2.35. The number of nitrogens with zero attached hydrogens (tertiary/aromatic N) is 1. The van der Waals surface area contributed by atoms with E-state index in [2.05, 4.69) is 46.8 Å². The Morgan fingerprint density at radius 2 is 2.00 bits per heavy atom. The third-order valence-corrected chi connectivity index (χ3v) is 4.31. The van der Waals surface area contributed by atoms with Gasteiger partial charge in [-0.3, -0.25) is 0 Å². The number of hydrogen-bond donors (Lipinski definition) is 1. The largest absolute Gasteiger partial charge is 0.478 e. The first-order chi connectivity index (χ1) is 9.45. The summed E-state index contributed by atoms with van der Waals surface area (Å²) in [6.07, 6.45) is 4.06. The van der Waals surface area contributed by atoms with Crippen LogP contribution in [0.4, 0.5) is 5.69 Å². The van der Waals surface area contributed by atoms with Gasteiger partial charge in [0.05, 0.1) is 0 Å². The minimum absolute atomic E-state index is 0.712. The van der Waals surface area contributed by atoms with Crippen LogP contribution >= 0.6 is 15.9 Å². The third kappa shape index (κ3) is 3.85. The molecule has 2 atom stereocenters. The van der Waals surface area contributed by atoms with Gasteiger partial charge >= 0.3 is 5.97 Å². The minimum Gasteiger partial charge on any atom is -0.478 e. The van der Waals surface area contributed by atoms with Crippen LogP contribution in [0.3, 0.4) is 0 Å². The summed E-state index contributed by atoms with van der Waals surface area (Å²) in [5.41, 5.74) is 2.08. The molecule has 1 aromatic rings. The van der Waals surface area contributed by atoms with Crippen molar-refractivity contribution in [2.75, 3.05) is 18.0 Å². The fraction of sp³-hybridized carbons (Fsp3) is 0.438. The molecular weight excluding hydrogens is 318 g/mol. The van der Waals surface area contributed by atoms with Crippen LogP contribution in [-0.2, 0) is 4.79 Å². The number of anilines is 1. The van der Waals surface area contributed by atoms with E-state index < -0.39 is 5.97 Å². The van der Waals surface area contributed by atoms with E-state index in [1.807, 2.05) is 6.07 Å². The lowest BCUT2D eigenvalue weighted by atomic mass is 9.91. The average molecular weight is 338 g/mol. The van der Waals surface area contributed by atoms with Crippen molar-refractivity contribution in [3.8, 4) is 0 Å². The Morgan fingerprint density at radius 1 is 1.35 bits per heavy atom. The van der Waals surface area contributed by atoms with Crippen LogP contribution in [0.5, 0.6) is 0 Å². The van der Waals surface area contributed by atoms with Crippen LogP contribution in [0.2, 0.25) is 0 Å². The number of halogens is 1. The van der Waals surface area contributed by atoms with Gasteiger partial charge in [-0.15, -0.1) is 0 Å². The van der Waals surface area contributed by atoms with Crippen molar-refractivity contribution in [1.82, 2.24) is 0 Å². The molecule has 2 unspecified atom stereocenters. The van der Waals surface area contributed by atoms with Crippen molar-refractivity contribution in [3.05, 3.63) is 34.3 Å². The number of carboxylic acid groups (broad SMARTS) is 1. The molecule has 1 aromatic carbocycles. The number of hydrogen-bond acceptors (Lipinski definition) is 2. The molecular formula is C16H20BrNO2. The summed E-state index contributed by atoms with van der Waals surface area (Å²) in [4.78, 5) is 13.0. The summed E-state index contributed by atoms with van der Waals surface area (Å²) in [7, 11) is 0. The molecule has 3 nitrogen and oxygen atoms in total. The number of rotatable bonds is 3. The zero-order valence-electron chi connectivity index (χ0n) is 11.8. The lowest BCUT2D eigenvalue weighted by Crippen LogP contribution is -2.38. The van der Waals surface area contributed by atoms with E-state index in [-0.39, 0.29) is 0 Å². The van der Waals surface area contributed by atoms with Gasteiger partial charge in [0.2, 0.25) is 0 Å². The quantitative estimate of drug-likeness (QED) is 0.846. The third-order valence-electron chi connectivity index (χ3n) is 3.62. The number of carboxylic acids is 1. The number of carbonyl (C=O) groups is 1. The van der Waals surface area contributed by atoms with Gasteiger partial charge in [0.1, 0.15) is 0 Å². The Morgan fingerprint density at radius 3 is 2.55 bits per heavy atom. The van der Waals surface area contributed by atoms with Crippen LogP contribution in [-0.4, -0.2) is 24.2 Å². The van der Waals surface area contributed by atoms with Crippen LogP contribution in [0.1, 0.15) is 25.8 Å². The predicted molar refractivity (Wildman–Crippen MR) is 86.0 cm³/mol. The van der Waals surface area contributed by atoms with Crippen molar-refractivity contribution in [2.45, 2.75) is 20.3 Å². The molecule has 1 N–H and O–H groups in total. The van der Waals surface area contributed by atoms with Crippen molar-refractivity contribution < 1.29 is 9.90 Å². The van der Waals surface area contributed by atoms with Gasteiger partial charge in [0, 0.05) is 29.3 Å². The fourth-order valence-electron chi connectivity index (χ4n) is 2.88. The molecule has 0 saturated carbocycles. The first kappa shape index (κ1) is 15.1. The normalized spacial score (nSPS) is 23.2. The summed E-state index contributed by atoms with van der Waals surface area (Å²) in [6.45, 7) is 6.76. The Bertz CT molecular complexity index is 517. The second kappa shape index (κ2) is 6.44. The van der Waals surface area contributed by atoms with Gasteiger partial charge in [-0.25, -0.2) is 4.79 Å². The van der Waals surface area contributed by atoms with Crippen LogP contribution in [0.15, 0.2) is 28.7 Å². The van der Waals surface area contributed by atoms with Gasteiger partial charge in [0.25, 0.3) is 0 Å². The highest BCUT2D eigenvalue weighted by molar-refractivity contribution is 9.10. The molecule has 108 valence electrons. The van der Waals surface area contributed by atoms with E-state index in [9.17, 15) is 4.79 Å². The Balaban J connectivity index is 2.18. The molecule has 1 fully saturated rings. The van der Waals surface area contributed by atoms with E-state index in [4.69, 9.17) is 5.11 Å². The Hall–Kier alpha value is -1.29. The zero-order chi connectivity index (χ0) is 14.7. The fourth-order valence-corrected chi connectivity index (χ4v) is 3.38. The molecule has 1 aliphatic heterocycles. The predicted octanol–water partition coefficient (Wildman–Crippen LogP) is 4.03. The molecule has 1 saturated heterocycles. The molecule has 1 aliphatic rings. The highest BCUT2D eigenvalue weighted by Crippen LogP contribution is 2.30. The summed E-state index contributed by atoms with van der Waals surface area (Å²) in [6, 6.07) is 6.10. The molecule has 0 bridgehead atoms. The Kier molecular flexibility index (Phi) is 4.86. The maximum Gasteiger partial charge on any atom is 0.328 e. The lowest BCUT2D eigenvalue weighted by Gasteiger charge is -2.36. The first-order valence-electron chi connectivity index (χ1n) is 6.91. The topological polar surface area (TPSA) is 40.5 Å². The highest BCUT2D eigenvalue weighted by atomic mass is 79.9. The van der Waals surface area contributed by atoms with Crippen molar-refractivity contribution in [2.24, 2.45) is 11.8 Å². The van der Waals surface area contributed by atoms with E-state index in [0.717, 1.165) is 29.2 Å². The van der Waals surface area contributed by atoms with E-state index >= 15 is 0 Å². The first-order valence-corrected chi connectivity index (χ1v) is 7.70. The summed E-state index contributed by atoms with van der Waals surface area (Å²) < 4.78 is 0.929. The van der Waals surface area contributed by atoms with Crippen molar-refractivity contribution >= 4 is 33.7 Å². The molecule has 0 spiro atoms. The van der Waals surface area contributed by atoms with Crippen LogP contribution < -0.4 is 4.90 Å².